The van der Waals surface area contributed by atoms with Crippen LogP contribution in [0.4, 0.5) is 5.69 Å². The maximum Gasteiger partial charge on any atom is 0.121 e. The second-order valence-corrected chi connectivity index (χ2v) is 4.11. The summed E-state index contributed by atoms with van der Waals surface area (Å²) < 4.78 is 5.21. The number of hydrogen-bond acceptors (Lipinski definition) is 4. The van der Waals surface area contributed by atoms with Gasteiger partial charge < -0.3 is 15.4 Å². The second-order valence-electron chi connectivity index (χ2n) is 4.11. The predicted molar refractivity (Wildman–Crippen MR) is 70.5 cm³/mol. The molecule has 1 aromatic carbocycles. The molecule has 2 aromatic rings. The highest BCUT2D eigenvalue weighted by Crippen LogP contribution is 2.28. The van der Waals surface area contributed by atoms with E-state index in [9.17, 15) is 0 Å². The van der Waals surface area contributed by atoms with Crippen molar-refractivity contribution in [2.45, 2.75) is 6.54 Å². The van der Waals surface area contributed by atoms with Crippen LogP contribution >= 0.6 is 0 Å². The molecule has 90 valence electrons. The molecule has 0 saturated heterocycles. The number of ether oxygens (including phenoxy) is 1. The second kappa shape index (κ2) is 4.59. The number of fused-ring (bicyclic) bond motifs is 1. The molecule has 0 atom stereocenters. The van der Waals surface area contributed by atoms with Gasteiger partial charge in [-0.25, -0.2) is 0 Å². The van der Waals surface area contributed by atoms with E-state index in [2.05, 4.69) is 9.88 Å². The van der Waals surface area contributed by atoms with Crippen LogP contribution in [0.2, 0.25) is 0 Å². The van der Waals surface area contributed by atoms with E-state index in [0.29, 0.717) is 6.54 Å². The van der Waals surface area contributed by atoms with E-state index < -0.39 is 0 Å². The molecule has 0 aliphatic heterocycles. The van der Waals surface area contributed by atoms with Crippen LogP contribution in [0.1, 0.15) is 5.69 Å². The highest BCUT2D eigenvalue weighted by Gasteiger charge is 2.07. The van der Waals surface area contributed by atoms with Crippen LogP contribution in [0.25, 0.3) is 10.9 Å². The van der Waals surface area contributed by atoms with Gasteiger partial charge in [-0.05, 0) is 18.2 Å². The van der Waals surface area contributed by atoms with Crippen LogP contribution in [-0.2, 0) is 6.54 Å². The van der Waals surface area contributed by atoms with Gasteiger partial charge in [0.2, 0.25) is 0 Å². The first-order valence-corrected chi connectivity index (χ1v) is 5.50. The van der Waals surface area contributed by atoms with E-state index in [-0.39, 0.29) is 0 Å². The number of nitrogens with zero attached hydrogens (tertiary/aromatic N) is 2. The van der Waals surface area contributed by atoms with E-state index in [1.165, 1.54) is 0 Å². The van der Waals surface area contributed by atoms with E-state index in [4.69, 9.17) is 10.5 Å². The van der Waals surface area contributed by atoms with Crippen LogP contribution in [0.3, 0.4) is 0 Å². The van der Waals surface area contributed by atoms with Crippen molar-refractivity contribution in [3.05, 3.63) is 30.0 Å². The lowest BCUT2D eigenvalue weighted by Crippen LogP contribution is -2.11. The molecule has 0 radical (unpaired) electrons. The molecule has 1 heterocycles. The molecule has 2 N–H and O–H groups in total. The lowest BCUT2D eigenvalue weighted by molar-refractivity contribution is 0.415. The quantitative estimate of drug-likeness (QED) is 0.874. The Kier molecular flexibility index (Phi) is 3.15. The molecule has 0 aliphatic rings. The Morgan fingerprint density at radius 2 is 2.06 bits per heavy atom. The predicted octanol–water partition coefficient (Wildman–Crippen LogP) is 1.77. The van der Waals surface area contributed by atoms with Crippen LogP contribution in [0, 0.1) is 0 Å². The number of rotatable bonds is 3. The minimum Gasteiger partial charge on any atom is -0.497 e. The third-order valence-electron chi connectivity index (χ3n) is 2.74. The van der Waals surface area contributed by atoms with Gasteiger partial charge >= 0.3 is 0 Å². The zero-order chi connectivity index (χ0) is 12.4. The average molecular weight is 231 g/mol. The number of methoxy groups -OCH3 is 1. The van der Waals surface area contributed by atoms with Crippen LogP contribution in [0.15, 0.2) is 24.3 Å². The van der Waals surface area contributed by atoms with Gasteiger partial charge in [-0.15, -0.1) is 0 Å². The lowest BCUT2D eigenvalue weighted by atomic mass is 10.1. The van der Waals surface area contributed by atoms with E-state index >= 15 is 0 Å². The van der Waals surface area contributed by atoms with E-state index in [1.807, 2.05) is 38.4 Å². The first-order valence-electron chi connectivity index (χ1n) is 5.50. The fourth-order valence-corrected chi connectivity index (χ4v) is 1.84. The smallest absolute Gasteiger partial charge is 0.121 e. The summed E-state index contributed by atoms with van der Waals surface area (Å²) >= 11 is 0. The van der Waals surface area contributed by atoms with Gasteiger partial charge in [0.25, 0.3) is 0 Å². The van der Waals surface area contributed by atoms with Gasteiger partial charge in [-0.3, -0.25) is 4.98 Å². The highest BCUT2D eigenvalue weighted by molar-refractivity contribution is 5.92. The number of hydrogen-bond donors (Lipinski definition) is 1. The summed E-state index contributed by atoms with van der Waals surface area (Å²) in [6.07, 6.45) is 0. The summed E-state index contributed by atoms with van der Waals surface area (Å²) in [7, 11) is 5.68. The van der Waals surface area contributed by atoms with Crippen molar-refractivity contribution >= 4 is 16.6 Å². The third-order valence-corrected chi connectivity index (χ3v) is 2.74. The fourth-order valence-electron chi connectivity index (χ4n) is 1.84. The molecule has 0 bridgehead atoms. The van der Waals surface area contributed by atoms with Crippen molar-refractivity contribution in [1.29, 1.82) is 0 Å². The molecule has 0 saturated carbocycles. The molecular weight excluding hydrogens is 214 g/mol. The SMILES string of the molecule is COc1ccc2c(N(C)C)cc(CN)nc2c1. The molecule has 4 heteroatoms. The largest absolute Gasteiger partial charge is 0.497 e. The van der Waals surface area contributed by atoms with E-state index in [1.54, 1.807) is 7.11 Å². The number of benzene rings is 1. The normalized spacial score (nSPS) is 10.6. The Morgan fingerprint density at radius 1 is 1.29 bits per heavy atom. The Balaban J connectivity index is 2.71. The number of aromatic nitrogens is 1. The monoisotopic (exact) mass is 231 g/mol. The Labute approximate surface area is 101 Å². The minimum absolute atomic E-state index is 0.438. The van der Waals surface area contributed by atoms with Gasteiger partial charge in [-0.1, -0.05) is 0 Å². The topological polar surface area (TPSA) is 51.4 Å². The Bertz CT molecular complexity index is 532. The standard InChI is InChI=1S/C13H17N3O/c1-16(2)13-6-9(8-14)15-12-7-10(17-3)4-5-11(12)13/h4-7H,8,14H2,1-3H3. The van der Waals surface area contributed by atoms with Gasteiger partial charge in [0.15, 0.2) is 0 Å². The molecule has 17 heavy (non-hydrogen) atoms. The Hall–Kier alpha value is -1.81. The average Bonchev–Trinajstić information content (AvgIpc) is 2.36. The molecule has 0 amide bonds. The molecule has 4 nitrogen and oxygen atoms in total. The van der Waals surface area contributed by atoms with Crippen molar-refractivity contribution < 1.29 is 4.74 Å². The van der Waals surface area contributed by atoms with Crippen molar-refractivity contribution in [1.82, 2.24) is 4.98 Å². The molecule has 2 rings (SSSR count). The van der Waals surface area contributed by atoms with Crippen LogP contribution in [-0.4, -0.2) is 26.2 Å². The van der Waals surface area contributed by atoms with Gasteiger partial charge in [0.1, 0.15) is 5.75 Å². The van der Waals surface area contributed by atoms with Crippen molar-refractivity contribution in [3.8, 4) is 5.75 Å². The number of anilines is 1. The molecule has 0 unspecified atom stereocenters. The summed E-state index contributed by atoms with van der Waals surface area (Å²) in [5.74, 6) is 0.809. The Morgan fingerprint density at radius 3 is 2.65 bits per heavy atom. The summed E-state index contributed by atoms with van der Waals surface area (Å²) in [6.45, 7) is 0.438. The summed E-state index contributed by atoms with van der Waals surface area (Å²) in [6, 6.07) is 7.92. The number of nitrogens with two attached hydrogens (primary N) is 1. The number of pyridine rings is 1. The summed E-state index contributed by atoms with van der Waals surface area (Å²) in [4.78, 5) is 6.58. The zero-order valence-electron chi connectivity index (χ0n) is 10.4. The van der Waals surface area contributed by atoms with Gasteiger partial charge in [0.05, 0.1) is 18.3 Å². The first-order chi connectivity index (χ1) is 8.15. The zero-order valence-corrected chi connectivity index (χ0v) is 10.4. The highest BCUT2D eigenvalue weighted by atomic mass is 16.5. The summed E-state index contributed by atoms with van der Waals surface area (Å²) in [5.41, 5.74) is 8.59. The maximum absolute atomic E-state index is 5.67. The molecule has 1 aromatic heterocycles. The first kappa shape index (κ1) is 11.7. The lowest BCUT2D eigenvalue weighted by Gasteiger charge is -2.16. The van der Waals surface area contributed by atoms with Gasteiger partial charge in [-0.2, -0.15) is 0 Å². The molecule has 0 fully saturated rings. The van der Waals surface area contributed by atoms with Gasteiger partial charge in [0, 0.05) is 37.8 Å². The van der Waals surface area contributed by atoms with Crippen LogP contribution in [0.5, 0.6) is 5.75 Å². The van der Waals surface area contributed by atoms with Crippen LogP contribution < -0.4 is 15.4 Å². The minimum atomic E-state index is 0.438. The third kappa shape index (κ3) is 2.17. The van der Waals surface area contributed by atoms with Crippen molar-refractivity contribution in [2.75, 3.05) is 26.1 Å². The molecule has 0 spiro atoms. The summed E-state index contributed by atoms with van der Waals surface area (Å²) in [5, 5.41) is 1.10. The van der Waals surface area contributed by atoms with Crippen molar-refractivity contribution in [2.24, 2.45) is 5.73 Å². The molecular formula is C13H17N3O. The van der Waals surface area contributed by atoms with Crippen molar-refractivity contribution in [3.63, 3.8) is 0 Å². The van der Waals surface area contributed by atoms with E-state index in [0.717, 1.165) is 28.0 Å². The molecule has 0 aliphatic carbocycles. The fraction of sp³-hybridized carbons (Fsp3) is 0.308. The maximum atomic E-state index is 5.67.